The van der Waals surface area contributed by atoms with Crippen molar-refractivity contribution < 1.29 is 4.79 Å². The van der Waals surface area contributed by atoms with Crippen LogP contribution in [0, 0.1) is 11.3 Å². The molecule has 5 nitrogen and oxygen atoms in total. The minimum absolute atomic E-state index is 0.231. The summed E-state index contributed by atoms with van der Waals surface area (Å²) in [4.78, 5) is 16.3. The topological polar surface area (TPSA) is 77.8 Å². The van der Waals surface area contributed by atoms with Gasteiger partial charge >= 0.3 is 0 Å². The molecule has 0 bridgehead atoms. The van der Waals surface area contributed by atoms with Gasteiger partial charge in [-0.2, -0.15) is 5.26 Å². The van der Waals surface area contributed by atoms with E-state index in [4.69, 9.17) is 5.26 Å². The summed E-state index contributed by atoms with van der Waals surface area (Å²) in [6, 6.07) is 10.9. The summed E-state index contributed by atoms with van der Waals surface area (Å²) in [6.45, 7) is 4.16. The maximum atomic E-state index is 12.2. The van der Waals surface area contributed by atoms with Gasteiger partial charge in [-0.15, -0.1) is 0 Å². The van der Waals surface area contributed by atoms with Crippen LogP contribution in [0.25, 0.3) is 0 Å². The zero-order valence-corrected chi connectivity index (χ0v) is 12.6. The van der Waals surface area contributed by atoms with Gasteiger partial charge in [-0.25, -0.2) is 0 Å². The number of carbonyl (C=O) groups excluding carboxylic acids is 1. The summed E-state index contributed by atoms with van der Waals surface area (Å²) in [5, 5.41) is 14.8. The average Bonchev–Trinajstić information content (AvgIpc) is 2.55. The van der Waals surface area contributed by atoms with Gasteiger partial charge in [-0.3, -0.25) is 9.78 Å². The van der Waals surface area contributed by atoms with E-state index in [9.17, 15) is 4.79 Å². The number of pyridine rings is 1. The van der Waals surface area contributed by atoms with Gasteiger partial charge in [0.1, 0.15) is 0 Å². The van der Waals surface area contributed by atoms with E-state index in [2.05, 4.69) is 29.5 Å². The van der Waals surface area contributed by atoms with Crippen LogP contribution in [0.5, 0.6) is 0 Å². The fourth-order valence-electron chi connectivity index (χ4n) is 1.86. The molecule has 1 atom stereocenters. The average molecular weight is 294 g/mol. The first-order valence-corrected chi connectivity index (χ1v) is 7.15. The molecule has 0 saturated heterocycles. The zero-order chi connectivity index (χ0) is 15.9. The molecule has 1 amide bonds. The SMILES string of the molecule is CCC(C)Nc1cncc(C(=O)Nc2ccc(C#N)cc2)c1. The van der Waals surface area contributed by atoms with Gasteiger partial charge in [0.25, 0.3) is 5.91 Å². The molecule has 0 aliphatic rings. The number of nitriles is 1. The van der Waals surface area contributed by atoms with Gasteiger partial charge in [0.15, 0.2) is 0 Å². The lowest BCUT2D eigenvalue weighted by Gasteiger charge is -2.13. The third kappa shape index (κ3) is 4.06. The minimum Gasteiger partial charge on any atom is -0.381 e. The van der Waals surface area contributed by atoms with Crippen LogP contribution in [0.2, 0.25) is 0 Å². The number of hydrogen-bond acceptors (Lipinski definition) is 4. The fraction of sp³-hybridized carbons (Fsp3) is 0.235. The second-order valence-electron chi connectivity index (χ2n) is 5.06. The molecular formula is C17H18N4O. The van der Waals surface area contributed by atoms with Crippen LogP contribution in [0.3, 0.4) is 0 Å². The molecule has 0 aliphatic heterocycles. The molecule has 0 saturated carbocycles. The number of nitrogens with zero attached hydrogens (tertiary/aromatic N) is 2. The largest absolute Gasteiger partial charge is 0.381 e. The quantitative estimate of drug-likeness (QED) is 0.885. The summed E-state index contributed by atoms with van der Waals surface area (Å²) in [5.74, 6) is -0.231. The molecule has 0 aliphatic carbocycles. The number of carbonyl (C=O) groups is 1. The second kappa shape index (κ2) is 7.23. The molecule has 0 radical (unpaired) electrons. The van der Waals surface area contributed by atoms with Crippen LogP contribution in [0.15, 0.2) is 42.7 Å². The van der Waals surface area contributed by atoms with Crippen molar-refractivity contribution in [2.45, 2.75) is 26.3 Å². The summed E-state index contributed by atoms with van der Waals surface area (Å²) >= 11 is 0. The van der Waals surface area contributed by atoms with Crippen molar-refractivity contribution in [3.63, 3.8) is 0 Å². The minimum atomic E-state index is -0.231. The molecule has 1 unspecified atom stereocenters. The molecule has 2 N–H and O–H groups in total. The summed E-state index contributed by atoms with van der Waals surface area (Å²) in [5.41, 5.74) is 2.50. The summed E-state index contributed by atoms with van der Waals surface area (Å²) in [6.07, 6.45) is 4.22. The molecule has 0 spiro atoms. The van der Waals surface area contributed by atoms with Crippen LogP contribution in [-0.2, 0) is 0 Å². The predicted molar refractivity (Wildman–Crippen MR) is 86.7 cm³/mol. The Morgan fingerprint density at radius 1 is 1.27 bits per heavy atom. The highest BCUT2D eigenvalue weighted by molar-refractivity contribution is 6.04. The lowest BCUT2D eigenvalue weighted by Crippen LogP contribution is -2.16. The maximum absolute atomic E-state index is 12.2. The van der Waals surface area contributed by atoms with E-state index in [0.717, 1.165) is 12.1 Å². The van der Waals surface area contributed by atoms with Gasteiger partial charge in [-0.05, 0) is 43.7 Å². The fourth-order valence-corrected chi connectivity index (χ4v) is 1.86. The number of benzene rings is 1. The van der Waals surface area contributed by atoms with E-state index in [1.54, 1.807) is 36.5 Å². The van der Waals surface area contributed by atoms with E-state index < -0.39 is 0 Å². The van der Waals surface area contributed by atoms with Crippen molar-refractivity contribution in [2.75, 3.05) is 10.6 Å². The molecule has 1 heterocycles. The number of nitrogens with one attached hydrogen (secondary N) is 2. The Morgan fingerprint density at radius 2 is 2.00 bits per heavy atom. The van der Waals surface area contributed by atoms with E-state index in [0.29, 0.717) is 22.9 Å². The van der Waals surface area contributed by atoms with E-state index in [1.165, 1.54) is 6.20 Å². The number of rotatable bonds is 5. The van der Waals surface area contributed by atoms with E-state index >= 15 is 0 Å². The lowest BCUT2D eigenvalue weighted by atomic mass is 10.2. The second-order valence-corrected chi connectivity index (χ2v) is 5.06. The molecule has 1 aromatic carbocycles. The van der Waals surface area contributed by atoms with E-state index in [1.807, 2.05) is 6.07 Å². The van der Waals surface area contributed by atoms with Crippen LogP contribution >= 0.6 is 0 Å². The van der Waals surface area contributed by atoms with Crippen molar-refractivity contribution in [1.82, 2.24) is 4.98 Å². The number of anilines is 2. The normalized spacial score (nSPS) is 11.3. The molecule has 22 heavy (non-hydrogen) atoms. The Bertz CT molecular complexity index is 689. The Labute approximate surface area is 130 Å². The molecule has 5 heteroatoms. The molecular weight excluding hydrogens is 276 g/mol. The van der Waals surface area contributed by atoms with Crippen molar-refractivity contribution in [1.29, 1.82) is 5.26 Å². The van der Waals surface area contributed by atoms with Crippen molar-refractivity contribution in [3.8, 4) is 6.07 Å². The van der Waals surface area contributed by atoms with Crippen LogP contribution in [0.1, 0.15) is 36.2 Å². The Kier molecular flexibility index (Phi) is 5.10. The molecule has 2 aromatic rings. The Balaban J connectivity index is 2.08. The molecule has 0 fully saturated rings. The van der Waals surface area contributed by atoms with Gasteiger partial charge in [-0.1, -0.05) is 6.92 Å². The van der Waals surface area contributed by atoms with Gasteiger partial charge in [0.2, 0.25) is 0 Å². The Morgan fingerprint density at radius 3 is 2.64 bits per heavy atom. The lowest BCUT2D eigenvalue weighted by molar-refractivity contribution is 0.102. The maximum Gasteiger partial charge on any atom is 0.257 e. The predicted octanol–water partition coefficient (Wildman–Crippen LogP) is 3.42. The summed E-state index contributed by atoms with van der Waals surface area (Å²) in [7, 11) is 0. The first kappa shape index (κ1) is 15.5. The van der Waals surface area contributed by atoms with Gasteiger partial charge in [0.05, 0.1) is 22.9 Å². The van der Waals surface area contributed by atoms with Gasteiger partial charge < -0.3 is 10.6 Å². The van der Waals surface area contributed by atoms with Crippen molar-refractivity contribution >= 4 is 17.3 Å². The number of hydrogen-bond donors (Lipinski definition) is 2. The number of amides is 1. The zero-order valence-electron chi connectivity index (χ0n) is 12.6. The van der Waals surface area contributed by atoms with Crippen LogP contribution < -0.4 is 10.6 Å². The standard InChI is InChI=1S/C17H18N4O/c1-3-12(2)20-16-8-14(10-19-11-16)17(22)21-15-6-4-13(9-18)5-7-15/h4-8,10-12,20H,3H2,1-2H3,(H,21,22). The molecule has 112 valence electrons. The van der Waals surface area contributed by atoms with Crippen molar-refractivity contribution in [2.24, 2.45) is 0 Å². The van der Waals surface area contributed by atoms with Crippen LogP contribution in [-0.4, -0.2) is 16.9 Å². The first-order chi connectivity index (χ1) is 10.6. The molecule has 1 aromatic heterocycles. The smallest absolute Gasteiger partial charge is 0.257 e. The highest BCUT2D eigenvalue weighted by atomic mass is 16.1. The monoisotopic (exact) mass is 294 g/mol. The molecule has 2 rings (SSSR count). The highest BCUT2D eigenvalue weighted by Gasteiger charge is 2.08. The Hall–Kier alpha value is -2.87. The van der Waals surface area contributed by atoms with E-state index in [-0.39, 0.29) is 5.91 Å². The van der Waals surface area contributed by atoms with Crippen molar-refractivity contribution in [3.05, 3.63) is 53.9 Å². The third-order valence-electron chi connectivity index (χ3n) is 3.30. The number of aromatic nitrogens is 1. The first-order valence-electron chi connectivity index (χ1n) is 7.15. The summed E-state index contributed by atoms with van der Waals surface area (Å²) < 4.78 is 0. The van der Waals surface area contributed by atoms with Gasteiger partial charge in [0, 0.05) is 24.1 Å². The highest BCUT2D eigenvalue weighted by Crippen LogP contribution is 2.14. The van der Waals surface area contributed by atoms with Crippen LogP contribution in [0.4, 0.5) is 11.4 Å². The third-order valence-corrected chi connectivity index (χ3v) is 3.30.